The van der Waals surface area contributed by atoms with Crippen molar-refractivity contribution in [2.45, 2.75) is 44.6 Å². The normalized spacial score (nSPS) is 35.9. The van der Waals surface area contributed by atoms with E-state index in [0.29, 0.717) is 18.6 Å². The van der Waals surface area contributed by atoms with E-state index in [1.807, 2.05) is 0 Å². The minimum absolute atomic E-state index is 0.0613. The van der Waals surface area contributed by atoms with E-state index >= 15 is 0 Å². The number of hydrogen-bond donors (Lipinski definition) is 1. The summed E-state index contributed by atoms with van der Waals surface area (Å²) in [5.41, 5.74) is 0.123. The summed E-state index contributed by atoms with van der Waals surface area (Å²) in [5, 5.41) is 10.1. The maximum Gasteiger partial charge on any atom is 0.134 e. The summed E-state index contributed by atoms with van der Waals surface area (Å²) in [4.78, 5) is 11.4. The summed E-state index contributed by atoms with van der Waals surface area (Å²) >= 11 is 0. The van der Waals surface area contributed by atoms with Crippen molar-refractivity contribution < 1.29 is 9.90 Å². The zero-order valence-electron chi connectivity index (χ0n) is 7.18. The first kappa shape index (κ1) is 7.07. The fourth-order valence-corrected chi connectivity index (χ4v) is 2.91. The summed E-state index contributed by atoms with van der Waals surface area (Å²) in [6.07, 6.45) is 5.51. The molecule has 0 saturated heterocycles. The topological polar surface area (TPSA) is 37.3 Å². The SMILES string of the molecule is O=C1CC2(CC2)C(O)C2(CC2)C1. The first-order chi connectivity index (χ1) is 5.67. The van der Waals surface area contributed by atoms with Crippen LogP contribution in [0.3, 0.4) is 0 Å². The molecular formula is C10H14O2. The number of aliphatic hydroxyl groups excluding tert-OH is 1. The third kappa shape index (κ3) is 0.717. The molecule has 0 aromatic heterocycles. The smallest absolute Gasteiger partial charge is 0.134 e. The Morgan fingerprint density at radius 1 is 1.08 bits per heavy atom. The first-order valence-electron chi connectivity index (χ1n) is 4.87. The van der Waals surface area contributed by atoms with Crippen LogP contribution < -0.4 is 0 Å². The minimum Gasteiger partial charge on any atom is -0.392 e. The molecule has 12 heavy (non-hydrogen) atoms. The molecule has 3 saturated carbocycles. The third-order valence-electron chi connectivity index (χ3n) is 4.04. The number of carbonyl (C=O) groups excluding carboxylic acids is 1. The van der Waals surface area contributed by atoms with Gasteiger partial charge in [-0.15, -0.1) is 0 Å². The Balaban J connectivity index is 1.94. The average Bonchev–Trinajstić information content (AvgIpc) is 2.85. The second-order valence-corrected chi connectivity index (χ2v) is 5.02. The molecular weight excluding hydrogens is 152 g/mol. The van der Waals surface area contributed by atoms with Crippen LogP contribution in [0, 0.1) is 10.8 Å². The van der Waals surface area contributed by atoms with Crippen LogP contribution in [0.2, 0.25) is 0 Å². The Morgan fingerprint density at radius 3 is 1.83 bits per heavy atom. The Hall–Kier alpha value is -0.370. The van der Waals surface area contributed by atoms with E-state index in [0.717, 1.165) is 25.7 Å². The molecule has 2 nitrogen and oxygen atoms in total. The van der Waals surface area contributed by atoms with Crippen LogP contribution in [0.25, 0.3) is 0 Å². The van der Waals surface area contributed by atoms with Crippen molar-refractivity contribution in [1.29, 1.82) is 0 Å². The molecule has 0 aliphatic heterocycles. The van der Waals surface area contributed by atoms with Gasteiger partial charge < -0.3 is 5.11 Å². The van der Waals surface area contributed by atoms with Gasteiger partial charge in [0.1, 0.15) is 5.78 Å². The van der Waals surface area contributed by atoms with Gasteiger partial charge in [-0.2, -0.15) is 0 Å². The van der Waals surface area contributed by atoms with Crippen molar-refractivity contribution in [2.75, 3.05) is 0 Å². The van der Waals surface area contributed by atoms with Gasteiger partial charge in [-0.3, -0.25) is 4.79 Å². The van der Waals surface area contributed by atoms with E-state index in [4.69, 9.17) is 0 Å². The average molecular weight is 166 g/mol. The molecule has 0 radical (unpaired) electrons. The number of carbonyl (C=O) groups is 1. The van der Waals surface area contributed by atoms with Gasteiger partial charge in [-0.1, -0.05) is 0 Å². The second kappa shape index (κ2) is 1.77. The lowest BCUT2D eigenvalue weighted by molar-refractivity contribution is -0.130. The molecule has 0 atom stereocenters. The molecule has 3 aliphatic carbocycles. The largest absolute Gasteiger partial charge is 0.392 e. The molecule has 0 amide bonds. The Labute approximate surface area is 72.0 Å². The van der Waals surface area contributed by atoms with Crippen molar-refractivity contribution >= 4 is 5.78 Å². The van der Waals surface area contributed by atoms with E-state index in [1.54, 1.807) is 0 Å². The lowest BCUT2D eigenvalue weighted by Gasteiger charge is -2.34. The van der Waals surface area contributed by atoms with E-state index < -0.39 is 0 Å². The summed E-state index contributed by atoms with van der Waals surface area (Å²) in [6, 6.07) is 0. The summed E-state index contributed by atoms with van der Waals surface area (Å²) in [5.74, 6) is 0.398. The van der Waals surface area contributed by atoms with Crippen LogP contribution in [0.5, 0.6) is 0 Å². The van der Waals surface area contributed by atoms with Crippen molar-refractivity contribution in [1.82, 2.24) is 0 Å². The number of rotatable bonds is 0. The number of aliphatic hydroxyl groups is 1. The van der Waals surface area contributed by atoms with Crippen molar-refractivity contribution in [3.63, 3.8) is 0 Å². The van der Waals surface area contributed by atoms with Crippen LogP contribution in [-0.2, 0) is 4.79 Å². The van der Waals surface area contributed by atoms with Gasteiger partial charge in [0.05, 0.1) is 6.10 Å². The van der Waals surface area contributed by atoms with Crippen LogP contribution >= 0.6 is 0 Å². The predicted octanol–water partition coefficient (Wildman–Crippen LogP) is 1.27. The number of ketones is 1. The molecule has 3 rings (SSSR count). The second-order valence-electron chi connectivity index (χ2n) is 5.02. The molecule has 3 aliphatic rings. The van der Waals surface area contributed by atoms with Crippen molar-refractivity contribution in [2.24, 2.45) is 10.8 Å². The fourth-order valence-electron chi connectivity index (χ4n) is 2.91. The van der Waals surface area contributed by atoms with E-state index in [-0.39, 0.29) is 16.9 Å². The maximum absolute atomic E-state index is 11.4. The molecule has 66 valence electrons. The van der Waals surface area contributed by atoms with E-state index in [1.165, 1.54) is 0 Å². The predicted molar refractivity (Wildman–Crippen MR) is 43.6 cm³/mol. The maximum atomic E-state index is 11.4. The van der Waals surface area contributed by atoms with Gasteiger partial charge in [0, 0.05) is 23.7 Å². The van der Waals surface area contributed by atoms with Gasteiger partial charge in [-0.05, 0) is 25.7 Å². The monoisotopic (exact) mass is 166 g/mol. The van der Waals surface area contributed by atoms with E-state index in [2.05, 4.69) is 0 Å². The highest BCUT2D eigenvalue weighted by Gasteiger charge is 2.65. The van der Waals surface area contributed by atoms with Crippen LogP contribution in [0.4, 0.5) is 0 Å². The fraction of sp³-hybridized carbons (Fsp3) is 0.900. The molecule has 0 aromatic rings. The van der Waals surface area contributed by atoms with Gasteiger partial charge in [0.25, 0.3) is 0 Å². The minimum atomic E-state index is -0.150. The highest BCUT2D eigenvalue weighted by Crippen LogP contribution is 2.67. The standard InChI is InChI=1S/C10H14O2/c11-7-5-9(1-2-9)8(12)10(6-7)3-4-10/h8,12H,1-6H2. The molecule has 0 bridgehead atoms. The summed E-state index contributed by atoms with van der Waals surface area (Å²) in [7, 11) is 0. The molecule has 0 heterocycles. The Kier molecular flexibility index (Phi) is 1.04. The molecule has 0 unspecified atom stereocenters. The van der Waals surface area contributed by atoms with Gasteiger partial charge in [0.2, 0.25) is 0 Å². The molecule has 2 heteroatoms. The molecule has 3 fully saturated rings. The van der Waals surface area contributed by atoms with Crippen LogP contribution in [0.1, 0.15) is 38.5 Å². The lowest BCUT2D eigenvalue weighted by Crippen LogP contribution is -2.40. The molecule has 0 aromatic carbocycles. The Bertz CT molecular complexity index is 225. The van der Waals surface area contributed by atoms with Gasteiger partial charge in [-0.25, -0.2) is 0 Å². The van der Waals surface area contributed by atoms with E-state index in [9.17, 15) is 9.90 Å². The van der Waals surface area contributed by atoms with Crippen LogP contribution in [-0.4, -0.2) is 17.0 Å². The van der Waals surface area contributed by atoms with Crippen molar-refractivity contribution in [3.8, 4) is 0 Å². The number of hydrogen-bond acceptors (Lipinski definition) is 2. The molecule has 2 spiro atoms. The third-order valence-corrected chi connectivity index (χ3v) is 4.04. The zero-order chi connectivity index (χ0) is 8.40. The Morgan fingerprint density at radius 2 is 1.50 bits per heavy atom. The highest BCUT2D eigenvalue weighted by molar-refractivity contribution is 5.82. The molecule has 1 N–H and O–H groups in total. The highest BCUT2D eigenvalue weighted by atomic mass is 16.3. The zero-order valence-corrected chi connectivity index (χ0v) is 7.18. The van der Waals surface area contributed by atoms with Crippen molar-refractivity contribution in [3.05, 3.63) is 0 Å². The first-order valence-corrected chi connectivity index (χ1v) is 4.87. The number of Topliss-reactive ketones (excluding diaryl/α,β-unsaturated/α-hetero) is 1. The lowest BCUT2D eigenvalue weighted by atomic mass is 9.73. The van der Waals surface area contributed by atoms with Gasteiger partial charge >= 0.3 is 0 Å². The van der Waals surface area contributed by atoms with Crippen LogP contribution in [0.15, 0.2) is 0 Å². The summed E-state index contributed by atoms with van der Waals surface area (Å²) < 4.78 is 0. The van der Waals surface area contributed by atoms with Gasteiger partial charge in [0.15, 0.2) is 0 Å². The summed E-state index contributed by atoms with van der Waals surface area (Å²) in [6.45, 7) is 0. The quantitative estimate of drug-likeness (QED) is 0.588.